The Balaban J connectivity index is 1.94. The van der Waals surface area contributed by atoms with Crippen molar-refractivity contribution in [2.24, 2.45) is 0 Å². The number of nitrogens with zero attached hydrogens (tertiary/aromatic N) is 2. The van der Waals surface area contributed by atoms with Gasteiger partial charge in [-0.3, -0.25) is 10.0 Å². The van der Waals surface area contributed by atoms with Gasteiger partial charge in [-0.25, -0.2) is 0 Å². The minimum Gasteiger partial charge on any atom is -0.275 e. The number of rotatable bonds is 2. The third-order valence-corrected chi connectivity index (χ3v) is 5.18. The summed E-state index contributed by atoms with van der Waals surface area (Å²) in [7, 11) is 0. The lowest BCUT2D eigenvalue weighted by Crippen LogP contribution is -2.41. The molecule has 0 unspecified atom stereocenters. The number of para-hydroxylation sites is 2. The average molecular weight is 288 g/mol. The van der Waals surface area contributed by atoms with Crippen LogP contribution in [0.5, 0.6) is 0 Å². The SMILES string of the molecule is c1ccc(N2CSCSCN2c2ccccc2)cc1. The Morgan fingerprint density at radius 1 is 0.632 bits per heavy atom. The van der Waals surface area contributed by atoms with Crippen molar-refractivity contribution >= 4 is 34.9 Å². The fourth-order valence-corrected chi connectivity index (χ4v) is 4.06. The van der Waals surface area contributed by atoms with Crippen LogP contribution in [0.25, 0.3) is 0 Å². The van der Waals surface area contributed by atoms with E-state index in [-0.39, 0.29) is 0 Å². The summed E-state index contributed by atoms with van der Waals surface area (Å²) in [5.41, 5.74) is 2.50. The average Bonchev–Trinajstić information content (AvgIpc) is 2.75. The van der Waals surface area contributed by atoms with E-state index in [1.165, 1.54) is 11.4 Å². The monoisotopic (exact) mass is 288 g/mol. The summed E-state index contributed by atoms with van der Waals surface area (Å²) in [4.78, 5) is 0. The number of thioether (sulfide) groups is 2. The Bertz CT molecular complexity index is 457. The maximum atomic E-state index is 2.36. The van der Waals surface area contributed by atoms with Gasteiger partial charge in [-0.15, -0.1) is 23.5 Å². The molecule has 4 heteroatoms. The van der Waals surface area contributed by atoms with Crippen LogP contribution in [0.15, 0.2) is 60.7 Å². The first kappa shape index (κ1) is 12.8. The molecule has 1 fully saturated rings. The third kappa shape index (κ3) is 3.01. The minimum atomic E-state index is 0.992. The van der Waals surface area contributed by atoms with Crippen molar-refractivity contribution < 1.29 is 0 Å². The molecule has 2 aromatic carbocycles. The summed E-state index contributed by atoms with van der Waals surface area (Å²) in [5, 5.41) is 5.87. The molecule has 0 amide bonds. The zero-order valence-corrected chi connectivity index (χ0v) is 12.2. The van der Waals surface area contributed by atoms with Crippen LogP contribution in [0, 0.1) is 0 Å². The Morgan fingerprint density at radius 3 is 1.47 bits per heavy atom. The molecule has 0 aliphatic carbocycles. The van der Waals surface area contributed by atoms with E-state index >= 15 is 0 Å². The fraction of sp³-hybridized carbons (Fsp3) is 0.200. The van der Waals surface area contributed by atoms with Crippen molar-refractivity contribution in [3.8, 4) is 0 Å². The number of hydrogen-bond donors (Lipinski definition) is 0. The molecule has 2 nitrogen and oxygen atoms in total. The highest BCUT2D eigenvalue weighted by atomic mass is 32.2. The van der Waals surface area contributed by atoms with Gasteiger partial charge in [0.05, 0.1) is 23.1 Å². The Morgan fingerprint density at radius 2 is 1.05 bits per heavy atom. The zero-order chi connectivity index (χ0) is 12.9. The zero-order valence-electron chi connectivity index (χ0n) is 10.6. The normalized spacial score (nSPS) is 16.2. The minimum absolute atomic E-state index is 0.992. The predicted molar refractivity (Wildman–Crippen MR) is 87.6 cm³/mol. The van der Waals surface area contributed by atoms with Crippen molar-refractivity contribution in [2.45, 2.75) is 0 Å². The van der Waals surface area contributed by atoms with Gasteiger partial charge in [-0.05, 0) is 24.3 Å². The van der Waals surface area contributed by atoms with E-state index in [4.69, 9.17) is 0 Å². The smallest absolute Gasteiger partial charge is 0.0859 e. The molecule has 1 aliphatic rings. The van der Waals surface area contributed by atoms with E-state index in [2.05, 4.69) is 70.7 Å². The summed E-state index contributed by atoms with van der Waals surface area (Å²) in [6.45, 7) is 0. The second-order valence-corrected chi connectivity index (χ2v) is 6.53. The van der Waals surface area contributed by atoms with Crippen LogP contribution in [0.3, 0.4) is 0 Å². The topological polar surface area (TPSA) is 6.48 Å². The van der Waals surface area contributed by atoms with Crippen molar-refractivity contribution in [1.82, 2.24) is 0 Å². The van der Waals surface area contributed by atoms with Gasteiger partial charge in [0, 0.05) is 5.08 Å². The number of benzene rings is 2. The highest BCUT2D eigenvalue weighted by molar-refractivity contribution is 8.16. The quantitative estimate of drug-likeness (QED) is 0.814. The molecular formula is C15H16N2S2. The molecule has 1 aliphatic heterocycles. The van der Waals surface area contributed by atoms with Gasteiger partial charge in [-0.2, -0.15) is 0 Å². The van der Waals surface area contributed by atoms with Crippen LogP contribution < -0.4 is 10.0 Å². The van der Waals surface area contributed by atoms with E-state index in [1.54, 1.807) is 0 Å². The standard InChI is InChI=1S/C15H16N2S2/c1-3-7-14(8-4-1)16-11-18-13-19-12-17(16)15-9-5-2-6-10-15/h1-10H,11-13H2. The molecule has 0 saturated carbocycles. The van der Waals surface area contributed by atoms with Gasteiger partial charge in [-0.1, -0.05) is 36.4 Å². The van der Waals surface area contributed by atoms with Gasteiger partial charge in [0.1, 0.15) is 0 Å². The van der Waals surface area contributed by atoms with E-state index in [9.17, 15) is 0 Å². The van der Waals surface area contributed by atoms with Gasteiger partial charge >= 0.3 is 0 Å². The molecule has 19 heavy (non-hydrogen) atoms. The first-order chi connectivity index (χ1) is 9.45. The summed E-state index contributed by atoms with van der Waals surface area (Å²) >= 11 is 3.93. The first-order valence-electron chi connectivity index (χ1n) is 6.26. The molecule has 0 aromatic heterocycles. The maximum absolute atomic E-state index is 2.36. The molecule has 0 N–H and O–H groups in total. The lowest BCUT2D eigenvalue weighted by atomic mass is 10.3. The fourth-order valence-electron chi connectivity index (χ4n) is 2.07. The molecule has 98 valence electrons. The molecule has 1 heterocycles. The van der Waals surface area contributed by atoms with Crippen LogP contribution in [0.2, 0.25) is 0 Å². The van der Waals surface area contributed by atoms with Crippen molar-refractivity contribution in [1.29, 1.82) is 0 Å². The third-order valence-electron chi connectivity index (χ3n) is 2.99. The van der Waals surface area contributed by atoms with Crippen LogP contribution >= 0.6 is 23.5 Å². The lowest BCUT2D eigenvalue weighted by molar-refractivity contribution is 0.861. The van der Waals surface area contributed by atoms with Gasteiger partial charge < -0.3 is 0 Å². The highest BCUT2D eigenvalue weighted by Crippen LogP contribution is 2.30. The summed E-state index contributed by atoms with van der Waals surface area (Å²) < 4.78 is 0. The van der Waals surface area contributed by atoms with Crippen LogP contribution in [0.4, 0.5) is 11.4 Å². The maximum Gasteiger partial charge on any atom is 0.0859 e. The Kier molecular flexibility index (Phi) is 4.20. The molecule has 2 aromatic rings. The van der Waals surface area contributed by atoms with Gasteiger partial charge in [0.15, 0.2) is 0 Å². The summed E-state index contributed by atoms with van der Waals surface area (Å²) in [5.74, 6) is 1.98. The van der Waals surface area contributed by atoms with Crippen molar-refractivity contribution in [3.05, 3.63) is 60.7 Å². The largest absolute Gasteiger partial charge is 0.275 e. The summed E-state index contributed by atoms with van der Waals surface area (Å²) in [6.07, 6.45) is 0. The number of hydrazine groups is 1. The molecule has 1 saturated heterocycles. The second kappa shape index (κ2) is 6.26. The summed E-state index contributed by atoms with van der Waals surface area (Å²) in [6, 6.07) is 21.2. The molecule has 0 spiro atoms. The van der Waals surface area contributed by atoms with Crippen molar-refractivity contribution in [2.75, 3.05) is 26.9 Å². The molecule has 0 bridgehead atoms. The molecule has 0 atom stereocenters. The van der Waals surface area contributed by atoms with Gasteiger partial charge in [0.25, 0.3) is 0 Å². The Labute approximate surface area is 122 Å². The van der Waals surface area contributed by atoms with E-state index in [1.807, 2.05) is 23.5 Å². The van der Waals surface area contributed by atoms with Crippen molar-refractivity contribution in [3.63, 3.8) is 0 Å². The van der Waals surface area contributed by atoms with E-state index in [0.717, 1.165) is 16.8 Å². The van der Waals surface area contributed by atoms with Crippen LogP contribution in [-0.4, -0.2) is 16.8 Å². The first-order valence-corrected chi connectivity index (χ1v) is 8.57. The highest BCUT2D eigenvalue weighted by Gasteiger charge is 2.19. The second-order valence-electron chi connectivity index (χ2n) is 4.25. The number of anilines is 2. The predicted octanol–water partition coefficient (Wildman–Crippen LogP) is 4.27. The molecule has 3 rings (SSSR count). The van der Waals surface area contributed by atoms with Crippen LogP contribution in [0.1, 0.15) is 0 Å². The lowest BCUT2D eigenvalue weighted by Gasteiger charge is -2.35. The molecular weight excluding hydrogens is 272 g/mol. The van der Waals surface area contributed by atoms with E-state index < -0.39 is 0 Å². The molecule has 0 radical (unpaired) electrons. The van der Waals surface area contributed by atoms with E-state index in [0.29, 0.717) is 0 Å². The Hall–Kier alpha value is -1.26. The van der Waals surface area contributed by atoms with Gasteiger partial charge in [0.2, 0.25) is 0 Å². The number of hydrogen-bond acceptors (Lipinski definition) is 4. The van der Waals surface area contributed by atoms with Crippen LogP contribution in [-0.2, 0) is 0 Å².